The lowest BCUT2D eigenvalue weighted by Crippen LogP contribution is -2.42. The predicted octanol–water partition coefficient (Wildman–Crippen LogP) is 2.10. The van der Waals surface area contributed by atoms with Gasteiger partial charge in [0.25, 0.3) is 0 Å². The minimum absolute atomic E-state index is 0.309. The maximum atomic E-state index is 9.69. The van der Waals surface area contributed by atoms with E-state index in [1.54, 1.807) is 0 Å². The molecule has 0 aliphatic rings. The maximum Gasteiger partial charge on any atom is 0.0988 e. The van der Waals surface area contributed by atoms with Crippen molar-refractivity contribution in [3.05, 3.63) is 0 Å². The van der Waals surface area contributed by atoms with E-state index in [2.05, 4.69) is 24.6 Å². The third kappa shape index (κ3) is 3.50. The van der Waals surface area contributed by atoms with E-state index in [1.165, 1.54) is 0 Å². The van der Waals surface area contributed by atoms with Gasteiger partial charge in [0.15, 0.2) is 0 Å². The fraction of sp³-hybridized carbons (Fsp3) is 0.889. The number of aliphatic imine (C=N–C) groups is 1. The zero-order chi connectivity index (χ0) is 9.78. The van der Waals surface area contributed by atoms with Gasteiger partial charge in [0.1, 0.15) is 0 Å². The minimum atomic E-state index is -1.39. The molecule has 0 radical (unpaired) electrons. The fourth-order valence-corrected chi connectivity index (χ4v) is 3.04. The van der Waals surface area contributed by atoms with Gasteiger partial charge in [-0.3, -0.25) is 4.99 Å². The second-order valence-electron chi connectivity index (χ2n) is 4.03. The molecule has 0 rings (SSSR count). The summed E-state index contributed by atoms with van der Waals surface area (Å²) >= 11 is 0. The van der Waals surface area contributed by atoms with Gasteiger partial charge in [0.2, 0.25) is 0 Å². The first-order chi connectivity index (χ1) is 5.43. The van der Waals surface area contributed by atoms with Crippen molar-refractivity contribution in [1.29, 1.82) is 0 Å². The molecule has 1 N–H and O–H groups in total. The van der Waals surface area contributed by atoms with Crippen LogP contribution in [0.5, 0.6) is 0 Å². The van der Waals surface area contributed by atoms with Crippen molar-refractivity contribution in [2.75, 3.05) is 6.54 Å². The molecule has 0 fully saturated rings. The summed E-state index contributed by atoms with van der Waals surface area (Å²) in [6.07, 6.45) is 0.472. The largest absolute Gasteiger partial charge is 0.388 e. The number of hydrogen-bond donors (Lipinski definition) is 1. The lowest BCUT2D eigenvalue weighted by molar-refractivity contribution is 0.239. The van der Waals surface area contributed by atoms with Crippen LogP contribution in [0.15, 0.2) is 4.99 Å². The molecule has 0 aliphatic heterocycles. The zero-order valence-electron chi connectivity index (χ0n) is 8.89. The van der Waals surface area contributed by atoms with Crippen molar-refractivity contribution >= 4 is 13.4 Å². The predicted molar refractivity (Wildman–Crippen MR) is 57.6 cm³/mol. The summed E-state index contributed by atoms with van der Waals surface area (Å²) in [5.74, 6) is 0. The Kier molecular flexibility index (Phi) is 4.71. The molecule has 0 aliphatic carbocycles. The lowest BCUT2D eigenvalue weighted by atomic mass is 10.3. The molecule has 0 saturated heterocycles. The normalized spacial score (nSPS) is 16.3. The Morgan fingerprint density at radius 3 is 2.08 bits per heavy atom. The SMILES string of the molecule is CCN=C(C(O)CC)[Si](C)(C)C. The Morgan fingerprint density at radius 1 is 1.33 bits per heavy atom. The molecule has 1 atom stereocenters. The number of aliphatic hydroxyl groups is 1. The average Bonchev–Trinajstić information content (AvgIpc) is 1.96. The highest BCUT2D eigenvalue weighted by molar-refractivity contribution is 7.05. The fourth-order valence-electron chi connectivity index (χ4n) is 1.21. The zero-order valence-corrected chi connectivity index (χ0v) is 9.89. The monoisotopic (exact) mass is 187 g/mol. The van der Waals surface area contributed by atoms with Gasteiger partial charge < -0.3 is 5.11 Å². The molecule has 0 aromatic rings. The van der Waals surface area contributed by atoms with E-state index in [4.69, 9.17) is 0 Å². The van der Waals surface area contributed by atoms with Gasteiger partial charge >= 0.3 is 0 Å². The van der Waals surface area contributed by atoms with Crippen LogP contribution >= 0.6 is 0 Å². The highest BCUT2D eigenvalue weighted by Gasteiger charge is 2.26. The Balaban J connectivity index is 4.56. The summed E-state index contributed by atoms with van der Waals surface area (Å²) in [5, 5.41) is 10.8. The third-order valence-corrected chi connectivity index (χ3v) is 3.83. The number of nitrogens with zero attached hydrogens (tertiary/aromatic N) is 1. The van der Waals surface area contributed by atoms with E-state index in [1.807, 2.05) is 13.8 Å². The van der Waals surface area contributed by atoms with Crippen molar-refractivity contribution in [1.82, 2.24) is 0 Å². The lowest BCUT2D eigenvalue weighted by Gasteiger charge is -2.23. The molecule has 3 heteroatoms. The molecule has 1 unspecified atom stereocenters. The van der Waals surface area contributed by atoms with Crippen molar-refractivity contribution in [2.24, 2.45) is 4.99 Å². The first-order valence-corrected chi connectivity index (χ1v) is 8.16. The van der Waals surface area contributed by atoms with E-state index in [-0.39, 0.29) is 6.10 Å². The van der Waals surface area contributed by atoms with Crippen LogP contribution in [0, 0.1) is 0 Å². The Morgan fingerprint density at radius 2 is 1.83 bits per heavy atom. The summed E-state index contributed by atoms with van der Waals surface area (Å²) in [6.45, 7) is 11.5. The second kappa shape index (κ2) is 4.77. The summed E-state index contributed by atoms with van der Waals surface area (Å²) in [5.41, 5.74) is 0. The second-order valence-corrected chi connectivity index (χ2v) is 9.05. The van der Waals surface area contributed by atoms with Gasteiger partial charge in [-0.25, -0.2) is 0 Å². The minimum Gasteiger partial charge on any atom is -0.388 e. The van der Waals surface area contributed by atoms with Crippen LogP contribution in [0.2, 0.25) is 19.6 Å². The molecule has 12 heavy (non-hydrogen) atoms. The molecule has 0 bridgehead atoms. The number of rotatable bonds is 4. The summed E-state index contributed by atoms with van der Waals surface area (Å²) in [7, 11) is -1.39. The van der Waals surface area contributed by atoms with E-state index in [0.717, 1.165) is 18.3 Å². The molecule has 0 amide bonds. The van der Waals surface area contributed by atoms with Crippen LogP contribution in [0.1, 0.15) is 20.3 Å². The molecule has 2 nitrogen and oxygen atoms in total. The average molecular weight is 187 g/mol. The van der Waals surface area contributed by atoms with E-state index >= 15 is 0 Å². The Hall–Kier alpha value is -0.153. The van der Waals surface area contributed by atoms with Gasteiger partial charge in [0.05, 0.1) is 14.2 Å². The van der Waals surface area contributed by atoms with Crippen molar-refractivity contribution < 1.29 is 5.11 Å². The first kappa shape index (κ1) is 11.8. The molecular formula is C9H21NOSi. The van der Waals surface area contributed by atoms with Crippen molar-refractivity contribution in [3.8, 4) is 0 Å². The smallest absolute Gasteiger partial charge is 0.0988 e. The maximum absolute atomic E-state index is 9.69. The van der Waals surface area contributed by atoms with Crippen molar-refractivity contribution in [3.63, 3.8) is 0 Å². The van der Waals surface area contributed by atoms with Crippen LogP contribution in [0.4, 0.5) is 0 Å². The van der Waals surface area contributed by atoms with Crippen LogP contribution in [-0.4, -0.2) is 31.2 Å². The summed E-state index contributed by atoms with van der Waals surface area (Å²) in [4.78, 5) is 4.39. The molecule has 0 heterocycles. The van der Waals surface area contributed by atoms with E-state index in [9.17, 15) is 5.11 Å². The summed E-state index contributed by atoms with van der Waals surface area (Å²) < 4.78 is 0. The summed E-state index contributed by atoms with van der Waals surface area (Å²) in [6, 6.07) is 0. The Bertz CT molecular complexity index is 160. The highest BCUT2D eigenvalue weighted by atomic mass is 28.3. The standard InChI is InChI=1S/C9H21NOSi/c1-6-8(11)9(10-7-2)12(3,4)5/h8,11H,6-7H2,1-5H3. The molecule has 72 valence electrons. The van der Waals surface area contributed by atoms with E-state index in [0.29, 0.717) is 0 Å². The topological polar surface area (TPSA) is 32.6 Å². The van der Waals surface area contributed by atoms with E-state index < -0.39 is 8.07 Å². The van der Waals surface area contributed by atoms with Gasteiger partial charge in [0, 0.05) is 11.9 Å². The van der Waals surface area contributed by atoms with Gasteiger partial charge in [-0.2, -0.15) is 0 Å². The molecule has 0 saturated carbocycles. The molecular weight excluding hydrogens is 166 g/mol. The van der Waals surface area contributed by atoms with Gasteiger partial charge in [-0.15, -0.1) is 0 Å². The number of aliphatic hydroxyl groups excluding tert-OH is 1. The van der Waals surface area contributed by atoms with Gasteiger partial charge in [-0.1, -0.05) is 26.6 Å². The Labute approximate surface area is 76.7 Å². The highest BCUT2D eigenvalue weighted by Crippen LogP contribution is 2.10. The molecule has 0 spiro atoms. The quantitative estimate of drug-likeness (QED) is 0.530. The van der Waals surface area contributed by atoms with Crippen LogP contribution < -0.4 is 0 Å². The molecule has 0 aromatic carbocycles. The number of hydrogen-bond acceptors (Lipinski definition) is 2. The van der Waals surface area contributed by atoms with Crippen LogP contribution in [-0.2, 0) is 0 Å². The first-order valence-electron chi connectivity index (χ1n) is 4.66. The van der Waals surface area contributed by atoms with Crippen LogP contribution in [0.25, 0.3) is 0 Å². The third-order valence-electron chi connectivity index (χ3n) is 1.80. The van der Waals surface area contributed by atoms with Crippen molar-refractivity contribution in [2.45, 2.75) is 46.0 Å². The van der Waals surface area contributed by atoms with Crippen LogP contribution in [0.3, 0.4) is 0 Å². The molecule has 0 aromatic heterocycles. The van der Waals surface area contributed by atoms with Gasteiger partial charge in [-0.05, 0) is 13.3 Å².